The topological polar surface area (TPSA) is 41.6 Å². The van der Waals surface area contributed by atoms with Crippen molar-refractivity contribution in [3.05, 3.63) is 0 Å². The van der Waals surface area contributed by atoms with Crippen LogP contribution in [-0.4, -0.2) is 50.2 Å². The molecule has 1 fully saturated rings. The molecule has 0 bridgehead atoms. The lowest BCUT2D eigenvalue weighted by atomic mass is 10.1. The van der Waals surface area contributed by atoms with Gasteiger partial charge in [-0.2, -0.15) is 0 Å². The third-order valence-electron chi connectivity index (χ3n) is 2.49. The monoisotopic (exact) mass is 200 g/mol. The fraction of sp³-hybridized carbons (Fsp3) is 0.900. The summed E-state index contributed by atoms with van der Waals surface area (Å²) in [6.45, 7) is 5.22. The first kappa shape index (κ1) is 11.5. The van der Waals surface area contributed by atoms with Crippen molar-refractivity contribution in [2.45, 2.75) is 25.8 Å². The van der Waals surface area contributed by atoms with Gasteiger partial charge in [-0.05, 0) is 6.42 Å². The van der Waals surface area contributed by atoms with Crippen LogP contribution in [0.1, 0.15) is 19.8 Å². The maximum atomic E-state index is 11.7. The Kier molecular flexibility index (Phi) is 4.90. The van der Waals surface area contributed by atoms with E-state index in [1.807, 2.05) is 11.8 Å². The maximum Gasteiger partial charge on any atom is 0.222 e. The highest BCUT2D eigenvalue weighted by atomic mass is 16.5. The van der Waals surface area contributed by atoms with E-state index in [0.29, 0.717) is 13.0 Å². The van der Waals surface area contributed by atoms with Gasteiger partial charge in [-0.1, -0.05) is 6.92 Å². The van der Waals surface area contributed by atoms with Gasteiger partial charge in [0.25, 0.3) is 0 Å². The van der Waals surface area contributed by atoms with Crippen molar-refractivity contribution in [1.29, 1.82) is 0 Å². The first-order chi connectivity index (χ1) is 6.79. The molecule has 82 valence electrons. The molecule has 1 rings (SSSR count). The SMILES string of the molecule is CCCC(=O)N1CCNCC1COC. The summed E-state index contributed by atoms with van der Waals surface area (Å²) < 4.78 is 5.11. The Morgan fingerprint density at radius 3 is 3.07 bits per heavy atom. The molecule has 14 heavy (non-hydrogen) atoms. The number of nitrogens with one attached hydrogen (secondary N) is 1. The molecule has 0 aromatic heterocycles. The van der Waals surface area contributed by atoms with Gasteiger partial charge in [0, 0.05) is 33.2 Å². The summed E-state index contributed by atoms with van der Waals surface area (Å²) in [5, 5.41) is 3.27. The van der Waals surface area contributed by atoms with Gasteiger partial charge < -0.3 is 15.0 Å². The van der Waals surface area contributed by atoms with Crippen molar-refractivity contribution in [3.63, 3.8) is 0 Å². The zero-order valence-electron chi connectivity index (χ0n) is 9.08. The fourth-order valence-electron chi connectivity index (χ4n) is 1.79. The van der Waals surface area contributed by atoms with E-state index in [2.05, 4.69) is 5.32 Å². The van der Waals surface area contributed by atoms with Crippen molar-refractivity contribution in [2.75, 3.05) is 33.4 Å². The van der Waals surface area contributed by atoms with Crippen LogP contribution in [0.3, 0.4) is 0 Å². The van der Waals surface area contributed by atoms with Crippen molar-refractivity contribution in [2.24, 2.45) is 0 Å². The van der Waals surface area contributed by atoms with Crippen LogP contribution in [0.25, 0.3) is 0 Å². The van der Waals surface area contributed by atoms with E-state index in [9.17, 15) is 4.79 Å². The van der Waals surface area contributed by atoms with Crippen LogP contribution in [0.5, 0.6) is 0 Å². The molecule has 4 heteroatoms. The number of carbonyl (C=O) groups excluding carboxylic acids is 1. The summed E-state index contributed by atoms with van der Waals surface area (Å²) in [6, 6.07) is 0.216. The first-order valence-corrected chi connectivity index (χ1v) is 5.28. The van der Waals surface area contributed by atoms with Gasteiger partial charge >= 0.3 is 0 Å². The number of carbonyl (C=O) groups is 1. The minimum atomic E-state index is 0.216. The number of hydrogen-bond donors (Lipinski definition) is 1. The van der Waals surface area contributed by atoms with Crippen LogP contribution < -0.4 is 5.32 Å². The molecular weight excluding hydrogens is 180 g/mol. The third-order valence-corrected chi connectivity index (χ3v) is 2.49. The molecule has 0 aromatic rings. The molecule has 0 saturated carbocycles. The predicted molar refractivity (Wildman–Crippen MR) is 55.2 cm³/mol. The highest BCUT2D eigenvalue weighted by molar-refractivity contribution is 5.76. The van der Waals surface area contributed by atoms with Crippen LogP contribution in [-0.2, 0) is 9.53 Å². The standard InChI is InChI=1S/C10H20N2O2/c1-3-4-10(13)12-6-5-11-7-9(12)8-14-2/h9,11H,3-8H2,1-2H3. The average molecular weight is 200 g/mol. The molecule has 0 spiro atoms. The molecule has 1 unspecified atom stereocenters. The summed E-state index contributed by atoms with van der Waals surface area (Å²) in [5.74, 6) is 0.260. The number of hydrogen-bond acceptors (Lipinski definition) is 3. The van der Waals surface area contributed by atoms with Crippen molar-refractivity contribution < 1.29 is 9.53 Å². The number of piperazine rings is 1. The number of methoxy groups -OCH3 is 1. The van der Waals surface area contributed by atoms with E-state index >= 15 is 0 Å². The van der Waals surface area contributed by atoms with E-state index in [1.54, 1.807) is 7.11 Å². The number of rotatable bonds is 4. The Balaban J connectivity index is 2.48. The normalized spacial score (nSPS) is 22.4. The van der Waals surface area contributed by atoms with Gasteiger partial charge in [-0.15, -0.1) is 0 Å². The van der Waals surface area contributed by atoms with Crippen LogP contribution in [0.15, 0.2) is 0 Å². The largest absolute Gasteiger partial charge is 0.382 e. The number of amides is 1. The van der Waals surface area contributed by atoms with Gasteiger partial charge in [0.15, 0.2) is 0 Å². The third kappa shape index (κ3) is 2.96. The van der Waals surface area contributed by atoms with Gasteiger partial charge in [0.05, 0.1) is 12.6 Å². The van der Waals surface area contributed by atoms with E-state index in [-0.39, 0.29) is 11.9 Å². The molecule has 1 atom stereocenters. The lowest BCUT2D eigenvalue weighted by Gasteiger charge is -2.35. The second kappa shape index (κ2) is 5.98. The highest BCUT2D eigenvalue weighted by Crippen LogP contribution is 2.07. The molecular formula is C10H20N2O2. The van der Waals surface area contributed by atoms with E-state index in [4.69, 9.17) is 4.74 Å². The number of ether oxygens (including phenoxy) is 1. The van der Waals surface area contributed by atoms with E-state index in [0.717, 1.165) is 26.1 Å². The minimum absolute atomic E-state index is 0.216. The fourth-order valence-corrected chi connectivity index (χ4v) is 1.79. The van der Waals surface area contributed by atoms with Crippen LogP contribution in [0, 0.1) is 0 Å². The quantitative estimate of drug-likeness (QED) is 0.706. The molecule has 1 amide bonds. The van der Waals surface area contributed by atoms with Gasteiger partial charge in [-0.25, -0.2) is 0 Å². The van der Waals surface area contributed by atoms with Gasteiger partial charge in [0.1, 0.15) is 0 Å². The van der Waals surface area contributed by atoms with Crippen molar-refractivity contribution in [1.82, 2.24) is 10.2 Å². The lowest BCUT2D eigenvalue weighted by molar-refractivity contribution is -0.135. The summed E-state index contributed by atoms with van der Waals surface area (Å²) >= 11 is 0. The smallest absolute Gasteiger partial charge is 0.222 e. The van der Waals surface area contributed by atoms with E-state index < -0.39 is 0 Å². The molecule has 1 aliphatic heterocycles. The Morgan fingerprint density at radius 2 is 2.43 bits per heavy atom. The molecule has 0 radical (unpaired) electrons. The first-order valence-electron chi connectivity index (χ1n) is 5.28. The Bertz CT molecular complexity index is 183. The summed E-state index contributed by atoms with van der Waals surface area (Å²) in [5.41, 5.74) is 0. The summed E-state index contributed by atoms with van der Waals surface area (Å²) in [7, 11) is 1.68. The molecule has 1 aliphatic rings. The number of nitrogens with zero attached hydrogens (tertiary/aromatic N) is 1. The highest BCUT2D eigenvalue weighted by Gasteiger charge is 2.25. The van der Waals surface area contributed by atoms with Crippen LogP contribution >= 0.6 is 0 Å². The lowest BCUT2D eigenvalue weighted by Crippen LogP contribution is -2.55. The Labute approximate surface area is 85.6 Å². The Hall–Kier alpha value is -0.610. The van der Waals surface area contributed by atoms with Crippen molar-refractivity contribution >= 4 is 5.91 Å². The minimum Gasteiger partial charge on any atom is -0.382 e. The van der Waals surface area contributed by atoms with Crippen LogP contribution in [0.4, 0.5) is 0 Å². The Morgan fingerprint density at radius 1 is 1.64 bits per heavy atom. The van der Waals surface area contributed by atoms with Gasteiger partial charge in [-0.3, -0.25) is 4.79 Å². The molecule has 1 N–H and O–H groups in total. The van der Waals surface area contributed by atoms with E-state index in [1.165, 1.54) is 0 Å². The van der Waals surface area contributed by atoms with Crippen LogP contribution in [0.2, 0.25) is 0 Å². The second-order valence-electron chi connectivity index (χ2n) is 3.65. The molecule has 0 aliphatic carbocycles. The van der Waals surface area contributed by atoms with Crippen molar-refractivity contribution in [3.8, 4) is 0 Å². The predicted octanol–water partition coefficient (Wildman–Crippen LogP) is 0.233. The molecule has 0 aromatic carbocycles. The summed E-state index contributed by atoms with van der Waals surface area (Å²) in [4.78, 5) is 13.7. The maximum absolute atomic E-state index is 11.7. The molecule has 4 nitrogen and oxygen atoms in total. The second-order valence-corrected chi connectivity index (χ2v) is 3.65. The summed E-state index contributed by atoms with van der Waals surface area (Å²) in [6.07, 6.45) is 1.57. The molecule has 1 saturated heterocycles. The molecule has 1 heterocycles. The average Bonchev–Trinajstić information content (AvgIpc) is 2.19. The zero-order valence-corrected chi connectivity index (χ0v) is 9.08. The van der Waals surface area contributed by atoms with Gasteiger partial charge in [0.2, 0.25) is 5.91 Å². The zero-order chi connectivity index (χ0) is 10.4.